The van der Waals surface area contributed by atoms with Crippen LogP contribution >= 0.6 is 0 Å². The highest BCUT2D eigenvalue weighted by molar-refractivity contribution is 5.81. The molecule has 0 aromatic heterocycles. The lowest BCUT2D eigenvalue weighted by molar-refractivity contribution is -0.148. The Morgan fingerprint density at radius 1 is 1.29 bits per heavy atom. The minimum absolute atomic E-state index is 0.00994. The van der Waals surface area contributed by atoms with Crippen molar-refractivity contribution in [2.45, 2.75) is 25.3 Å². The van der Waals surface area contributed by atoms with Gasteiger partial charge in [-0.05, 0) is 31.5 Å². The fourth-order valence-electron chi connectivity index (χ4n) is 4.29. The molecule has 0 radical (unpaired) electrons. The van der Waals surface area contributed by atoms with Crippen LogP contribution in [0.15, 0.2) is 30.3 Å². The molecule has 1 aromatic rings. The van der Waals surface area contributed by atoms with Crippen LogP contribution in [0, 0.1) is 23.2 Å². The molecule has 21 heavy (non-hydrogen) atoms. The van der Waals surface area contributed by atoms with Crippen molar-refractivity contribution in [1.82, 2.24) is 4.90 Å². The van der Waals surface area contributed by atoms with E-state index in [0.29, 0.717) is 12.6 Å². The summed E-state index contributed by atoms with van der Waals surface area (Å²) in [7, 11) is 0. The summed E-state index contributed by atoms with van der Waals surface area (Å²) >= 11 is 0. The standard InChI is InChI=1S/C18H19NO2/c20-17-18(10-12-21-17)15(13-19-11-4-7-16(18)19)9-8-14-5-2-1-3-6-14/h1-3,5-6,15-16H,4,7,10-13H2/t15-,16-,18-/m0/s1. The zero-order valence-electron chi connectivity index (χ0n) is 12.0. The van der Waals surface area contributed by atoms with Gasteiger partial charge in [0, 0.05) is 24.6 Å². The molecule has 3 fully saturated rings. The summed E-state index contributed by atoms with van der Waals surface area (Å²) in [6.45, 7) is 2.58. The number of nitrogens with zero attached hydrogens (tertiary/aromatic N) is 1. The molecule has 3 aliphatic rings. The van der Waals surface area contributed by atoms with Gasteiger partial charge in [-0.2, -0.15) is 0 Å². The first-order valence-corrected chi connectivity index (χ1v) is 7.78. The fourth-order valence-corrected chi connectivity index (χ4v) is 4.29. The lowest BCUT2D eigenvalue weighted by atomic mass is 9.71. The molecule has 3 heterocycles. The van der Waals surface area contributed by atoms with Gasteiger partial charge in [-0.1, -0.05) is 30.0 Å². The molecule has 3 saturated heterocycles. The smallest absolute Gasteiger partial charge is 0.315 e. The number of hydrogen-bond acceptors (Lipinski definition) is 3. The number of hydrogen-bond donors (Lipinski definition) is 0. The third-order valence-corrected chi connectivity index (χ3v) is 5.29. The lowest BCUT2D eigenvalue weighted by Gasteiger charge is -2.28. The molecule has 0 amide bonds. The monoisotopic (exact) mass is 281 g/mol. The summed E-state index contributed by atoms with van der Waals surface area (Å²) in [6, 6.07) is 10.4. The van der Waals surface area contributed by atoms with Crippen molar-refractivity contribution in [3.05, 3.63) is 35.9 Å². The van der Waals surface area contributed by atoms with Crippen molar-refractivity contribution in [2.24, 2.45) is 11.3 Å². The Labute approximate surface area is 125 Å². The van der Waals surface area contributed by atoms with Gasteiger partial charge in [-0.15, -0.1) is 0 Å². The predicted octanol–water partition coefficient (Wildman–Crippen LogP) is 2.07. The van der Waals surface area contributed by atoms with Crippen molar-refractivity contribution in [3.8, 4) is 11.8 Å². The van der Waals surface area contributed by atoms with E-state index >= 15 is 0 Å². The molecule has 108 valence electrons. The Kier molecular flexibility index (Phi) is 3.01. The first-order chi connectivity index (χ1) is 10.3. The lowest BCUT2D eigenvalue weighted by Crippen LogP contribution is -2.41. The third kappa shape index (κ3) is 1.90. The largest absolute Gasteiger partial charge is 0.465 e. The van der Waals surface area contributed by atoms with Gasteiger partial charge in [-0.3, -0.25) is 9.69 Å². The van der Waals surface area contributed by atoms with Crippen LogP contribution in [0.5, 0.6) is 0 Å². The van der Waals surface area contributed by atoms with Crippen molar-refractivity contribution >= 4 is 5.97 Å². The first-order valence-electron chi connectivity index (χ1n) is 7.78. The number of cyclic esters (lactones) is 1. The Morgan fingerprint density at radius 3 is 2.90 bits per heavy atom. The molecule has 3 heteroatoms. The molecule has 3 atom stereocenters. The molecule has 0 saturated carbocycles. The first kappa shape index (κ1) is 12.9. The van der Waals surface area contributed by atoms with Gasteiger partial charge in [0.15, 0.2) is 0 Å². The maximum Gasteiger partial charge on any atom is 0.315 e. The highest BCUT2D eigenvalue weighted by Gasteiger charge is 2.62. The number of benzene rings is 1. The van der Waals surface area contributed by atoms with E-state index in [0.717, 1.165) is 31.5 Å². The second-order valence-electron chi connectivity index (χ2n) is 6.27. The van der Waals surface area contributed by atoms with Gasteiger partial charge in [0.25, 0.3) is 0 Å². The summed E-state index contributed by atoms with van der Waals surface area (Å²) in [6.07, 6.45) is 3.14. The van der Waals surface area contributed by atoms with E-state index in [2.05, 4.69) is 16.7 Å². The van der Waals surface area contributed by atoms with Crippen LogP contribution in [0.25, 0.3) is 0 Å². The number of fused-ring (bicyclic) bond motifs is 2. The molecular weight excluding hydrogens is 262 g/mol. The van der Waals surface area contributed by atoms with Gasteiger partial charge >= 0.3 is 5.97 Å². The molecule has 1 spiro atoms. The zero-order chi connectivity index (χ0) is 14.3. The van der Waals surface area contributed by atoms with Crippen LogP contribution < -0.4 is 0 Å². The maximum atomic E-state index is 12.4. The van der Waals surface area contributed by atoms with E-state index in [1.807, 2.05) is 30.3 Å². The van der Waals surface area contributed by atoms with Gasteiger partial charge < -0.3 is 4.74 Å². The number of esters is 1. The second kappa shape index (κ2) is 4.89. The van der Waals surface area contributed by atoms with Gasteiger partial charge in [0.1, 0.15) is 5.41 Å². The number of carbonyl (C=O) groups is 1. The van der Waals surface area contributed by atoms with Gasteiger partial charge in [0.05, 0.1) is 12.5 Å². The fraction of sp³-hybridized carbons (Fsp3) is 0.500. The highest BCUT2D eigenvalue weighted by atomic mass is 16.5. The normalized spacial score (nSPS) is 34.6. The number of ether oxygens (including phenoxy) is 1. The molecule has 3 aliphatic heterocycles. The van der Waals surface area contributed by atoms with E-state index in [-0.39, 0.29) is 17.3 Å². The van der Waals surface area contributed by atoms with E-state index in [4.69, 9.17) is 4.74 Å². The van der Waals surface area contributed by atoms with Crippen LogP contribution in [0.2, 0.25) is 0 Å². The Balaban J connectivity index is 1.68. The van der Waals surface area contributed by atoms with E-state index < -0.39 is 0 Å². The summed E-state index contributed by atoms with van der Waals surface area (Å²) in [5.74, 6) is 6.76. The molecule has 3 nitrogen and oxygen atoms in total. The predicted molar refractivity (Wildman–Crippen MR) is 79.4 cm³/mol. The molecule has 0 bridgehead atoms. The van der Waals surface area contributed by atoms with E-state index in [1.54, 1.807) is 0 Å². The summed E-state index contributed by atoms with van der Waals surface area (Å²) in [5, 5.41) is 0. The van der Waals surface area contributed by atoms with Crippen LogP contribution in [-0.2, 0) is 9.53 Å². The van der Waals surface area contributed by atoms with Crippen molar-refractivity contribution in [1.29, 1.82) is 0 Å². The van der Waals surface area contributed by atoms with Crippen LogP contribution in [0.4, 0.5) is 0 Å². The number of carbonyl (C=O) groups excluding carboxylic acids is 1. The summed E-state index contributed by atoms with van der Waals surface area (Å²) in [4.78, 5) is 14.9. The summed E-state index contributed by atoms with van der Waals surface area (Å²) < 4.78 is 5.35. The summed E-state index contributed by atoms with van der Waals surface area (Å²) in [5.41, 5.74) is 0.657. The minimum Gasteiger partial charge on any atom is -0.465 e. The quantitative estimate of drug-likeness (QED) is 0.538. The van der Waals surface area contributed by atoms with Crippen molar-refractivity contribution < 1.29 is 9.53 Å². The Bertz CT molecular complexity index is 615. The second-order valence-corrected chi connectivity index (χ2v) is 6.27. The van der Waals surface area contributed by atoms with Crippen molar-refractivity contribution in [2.75, 3.05) is 19.7 Å². The maximum absolute atomic E-state index is 12.4. The Hall–Kier alpha value is -1.79. The third-order valence-electron chi connectivity index (χ3n) is 5.29. The SMILES string of the molecule is O=C1OCC[C@]12[C@@H]1CCCN1C[C@@H]2C#Cc1ccccc1. The van der Waals surface area contributed by atoms with Crippen molar-refractivity contribution in [3.63, 3.8) is 0 Å². The molecule has 0 N–H and O–H groups in total. The molecule has 0 aliphatic carbocycles. The molecule has 1 aromatic carbocycles. The van der Waals surface area contributed by atoms with Gasteiger partial charge in [-0.25, -0.2) is 0 Å². The molecule has 0 unspecified atom stereocenters. The van der Waals surface area contributed by atoms with Crippen LogP contribution in [0.3, 0.4) is 0 Å². The van der Waals surface area contributed by atoms with E-state index in [1.165, 1.54) is 6.42 Å². The minimum atomic E-state index is -0.363. The average Bonchev–Trinajstić information content (AvgIpc) is 3.17. The molecule has 4 rings (SSSR count). The Morgan fingerprint density at radius 2 is 2.14 bits per heavy atom. The highest BCUT2D eigenvalue weighted by Crippen LogP contribution is 2.51. The zero-order valence-corrected chi connectivity index (χ0v) is 12.0. The average molecular weight is 281 g/mol. The topological polar surface area (TPSA) is 29.5 Å². The van der Waals surface area contributed by atoms with Crippen LogP contribution in [-0.4, -0.2) is 36.6 Å². The number of rotatable bonds is 0. The van der Waals surface area contributed by atoms with E-state index in [9.17, 15) is 4.79 Å². The van der Waals surface area contributed by atoms with Gasteiger partial charge in [0.2, 0.25) is 0 Å². The molecular formula is C18H19NO2. The van der Waals surface area contributed by atoms with Crippen LogP contribution in [0.1, 0.15) is 24.8 Å².